The molecule has 0 fully saturated rings. The van der Waals surface area contributed by atoms with Gasteiger partial charge in [0.25, 0.3) is 0 Å². The van der Waals surface area contributed by atoms with Crippen LogP contribution >= 0.6 is 0 Å². The number of nitrogens with zero attached hydrogens (tertiary/aromatic N) is 1. The number of aromatic nitrogens is 1. The monoisotopic (exact) mass is 270 g/mol. The highest BCUT2D eigenvalue weighted by molar-refractivity contribution is 5.79. The van der Waals surface area contributed by atoms with E-state index in [4.69, 9.17) is 4.74 Å². The van der Waals surface area contributed by atoms with E-state index in [1.807, 2.05) is 12.1 Å². The lowest BCUT2D eigenvalue weighted by Gasteiger charge is -2.16. The minimum absolute atomic E-state index is 0.0943. The number of carbonyl (C=O) groups excluding carboxylic acids is 1. The Morgan fingerprint density at radius 3 is 3.15 bits per heavy atom. The number of nitrogens with one attached hydrogen (secondary N) is 1. The molecule has 4 nitrogen and oxygen atoms in total. The number of pyridine rings is 1. The first-order valence-corrected chi connectivity index (χ1v) is 6.77. The highest BCUT2D eigenvalue weighted by Gasteiger charge is 2.17. The number of hydrogen-bond acceptors (Lipinski definition) is 3. The lowest BCUT2D eigenvalue weighted by molar-refractivity contribution is -0.124. The molecule has 104 valence electrons. The van der Waals surface area contributed by atoms with Crippen LogP contribution < -0.4 is 10.1 Å². The van der Waals surface area contributed by atoms with Crippen molar-refractivity contribution in [3.8, 4) is 17.6 Å². The molecule has 1 N–H and O–H groups in total. The number of ether oxygens (including phenoxy) is 1. The summed E-state index contributed by atoms with van der Waals surface area (Å²) < 4.78 is 5.37. The zero-order valence-electron chi connectivity index (χ0n) is 11.3. The molecule has 1 unspecified atom stereocenters. The van der Waals surface area contributed by atoms with Crippen LogP contribution in [0.1, 0.15) is 19.3 Å². The molecule has 1 aromatic rings. The Labute approximate surface area is 119 Å². The minimum atomic E-state index is 0.0943. The van der Waals surface area contributed by atoms with Gasteiger partial charge in [-0.1, -0.05) is 24.0 Å². The Hall–Kier alpha value is -2.28. The molecule has 0 aliphatic heterocycles. The third kappa shape index (κ3) is 4.77. The molecule has 0 radical (unpaired) electrons. The van der Waals surface area contributed by atoms with Crippen molar-refractivity contribution in [3.05, 3.63) is 36.7 Å². The molecular weight excluding hydrogens is 252 g/mol. The van der Waals surface area contributed by atoms with E-state index in [-0.39, 0.29) is 11.8 Å². The van der Waals surface area contributed by atoms with Crippen LogP contribution in [-0.4, -0.2) is 24.0 Å². The van der Waals surface area contributed by atoms with Gasteiger partial charge in [0.2, 0.25) is 5.91 Å². The van der Waals surface area contributed by atoms with Crippen molar-refractivity contribution in [1.82, 2.24) is 10.3 Å². The third-order valence-corrected chi connectivity index (χ3v) is 3.06. The molecule has 4 heteroatoms. The molecule has 0 aromatic carbocycles. The Balaban J connectivity index is 1.62. The highest BCUT2D eigenvalue weighted by atomic mass is 16.5. The summed E-state index contributed by atoms with van der Waals surface area (Å²) in [4.78, 5) is 15.7. The van der Waals surface area contributed by atoms with Crippen molar-refractivity contribution in [2.24, 2.45) is 5.92 Å². The molecule has 0 saturated heterocycles. The second-order valence-electron chi connectivity index (χ2n) is 4.53. The van der Waals surface area contributed by atoms with Gasteiger partial charge in [-0.25, -0.2) is 0 Å². The van der Waals surface area contributed by atoms with Crippen LogP contribution in [0.4, 0.5) is 0 Å². The molecule has 0 saturated carbocycles. The van der Waals surface area contributed by atoms with Gasteiger partial charge in [0.05, 0.1) is 12.7 Å². The first-order chi connectivity index (χ1) is 9.86. The predicted octanol–water partition coefficient (Wildman–Crippen LogP) is 1.94. The Morgan fingerprint density at radius 1 is 1.45 bits per heavy atom. The van der Waals surface area contributed by atoms with Gasteiger partial charge in [-0.2, -0.15) is 0 Å². The van der Waals surface area contributed by atoms with Crippen molar-refractivity contribution in [2.45, 2.75) is 19.3 Å². The zero-order valence-corrected chi connectivity index (χ0v) is 11.3. The number of hydrogen-bond donors (Lipinski definition) is 1. The molecule has 1 aliphatic rings. The van der Waals surface area contributed by atoms with Gasteiger partial charge in [-0.3, -0.25) is 9.78 Å². The van der Waals surface area contributed by atoms with Crippen LogP contribution in [0.2, 0.25) is 0 Å². The van der Waals surface area contributed by atoms with Crippen molar-refractivity contribution in [1.29, 1.82) is 0 Å². The topological polar surface area (TPSA) is 51.2 Å². The van der Waals surface area contributed by atoms with Crippen LogP contribution in [0.25, 0.3) is 0 Å². The van der Waals surface area contributed by atoms with E-state index in [0.717, 1.165) is 19.3 Å². The van der Waals surface area contributed by atoms with Crippen molar-refractivity contribution < 1.29 is 9.53 Å². The van der Waals surface area contributed by atoms with Crippen LogP contribution in [0.15, 0.2) is 36.7 Å². The van der Waals surface area contributed by atoms with E-state index >= 15 is 0 Å². The molecular formula is C16H18N2O2. The second-order valence-corrected chi connectivity index (χ2v) is 4.53. The zero-order chi connectivity index (χ0) is 14.0. The lowest BCUT2D eigenvalue weighted by Crippen LogP contribution is -2.31. The summed E-state index contributed by atoms with van der Waals surface area (Å²) in [6.45, 7) is 0.670. The molecule has 0 spiro atoms. The summed E-state index contributed by atoms with van der Waals surface area (Å²) in [5.74, 6) is 6.64. The van der Waals surface area contributed by atoms with Crippen LogP contribution in [0, 0.1) is 17.8 Å². The van der Waals surface area contributed by atoms with Gasteiger partial charge in [0.15, 0.2) is 0 Å². The van der Waals surface area contributed by atoms with Gasteiger partial charge >= 0.3 is 0 Å². The first-order valence-electron chi connectivity index (χ1n) is 6.77. The second kappa shape index (κ2) is 8.00. The maximum atomic E-state index is 11.8. The van der Waals surface area contributed by atoms with Gasteiger partial charge in [0.1, 0.15) is 12.4 Å². The average molecular weight is 270 g/mol. The van der Waals surface area contributed by atoms with E-state index in [1.54, 1.807) is 12.4 Å². The average Bonchev–Trinajstić information content (AvgIpc) is 2.52. The summed E-state index contributed by atoms with van der Waals surface area (Å²) in [6, 6.07) is 3.63. The van der Waals surface area contributed by atoms with E-state index in [9.17, 15) is 4.79 Å². The smallest absolute Gasteiger partial charge is 0.224 e. The molecule has 20 heavy (non-hydrogen) atoms. The lowest BCUT2D eigenvalue weighted by atomic mass is 9.94. The summed E-state index contributed by atoms with van der Waals surface area (Å²) in [6.07, 6.45) is 10.3. The van der Waals surface area contributed by atoms with Crippen molar-refractivity contribution >= 4 is 5.91 Å². The fourth-order valence-electron chi connectivity index (χ4n) is 1.97. The van der Waals surface area contributed by atoms with Crippen LogP contribution in [-0.2, 0) is 4.79 Å². The fraction of sp³-hybridized carbons (Fsp3) is 0.375. The first kappa shape index (κ1) is 14.1. The summed E-state index contributed by atoms with van der Waals surface area (Å²) in [7, 11) is 0. The van der Waals surface area contributed by atoms with E-state index in [2.05, 4.69) is 34.3 Å². The normalized spacial score (nSPS) is 16.9. The van der Waals surface area contributed by atoms with Crippen LogP contribution in [0.3, 0.4) is 0 Å². The molecule has 1 amide bonds. The fourth-order valence-corrected chi connectivity index (χ4v) is 1.97. The molecule has 1 aliphatic carbocycles. The summed E-state index contributed by atoms with van der Waals surface area (Å²) in [5, 5.41) is 2.84. The van der Waals surface area contributed by atoms with Crippen LogP contribution in [0.5, 0.6) is 5.75 Å². The van der Waals surface area contributed by atoms with E-state index in [0.29, 0.717) is 18.9 Å². The Morgan fingerprint density at radius 2 is 2.40 bits per heavy atom. The van der Waals surface area contributed by atoms with Gasteiger partial charge in [-0.05, 0) is 31.4 Å². The highest BCUT2D eigenvalue weighted by Crippen LogP contribution is 2.17. The van der Waals surface area contributed by atoms with Crippen molar-refractivity contribution in [2.75, 3.05) is 13.2 Å². The third-order valence-electron chi connectivity index (χ3n) is 3.06. The summed E-state index contributed by atoms with van der Waals surface area (Å²) in [5.41, 5.74) is 0. The van der Waals surface area contributed by atoms with Gasteiger partial charge in [-0.15, -0.1) is 0 Å². The molecule has 1 aromatic heterocycles. The maximum Gasteiger partial charge on any atom is 0.224 e. The predicted molar refractivity (Wildman–Crippen MR) is 77.0 cm³/mol. The molecule has 1 atom stereocenters. The SMILES string of the molecule is O=C(NCC#CCOc1cccnc1)C1CC=CCC1. The number of carbonyl (C=O) groups is 1. The number of allylic oxidation sites excluding steroid dienone is 2. The quantitative estimate of drug-likeness (QED) is 0.672. The number of rotatable bonds is 4. The number of amides is 1. The van der Waals surface area contributed by atoms with Gasteiger partial charge < -0.3 is 10.1 Å². The van der Waals surface area contributed by atoms with Gasteiger partial charge in [0, 0.05) is 12.1 Å². The molecule has 1 heterocycles. The molecule has 2 rings (SSSR count). The largest absolute Gasteiger partial charge is 0.479 e. The Bertz CT molecular complexity index is 514. The van der Waals surface area contributed by atoms with E-state index < -0.39 is 0 Å². The maximum absolute atomic E-state index is 11.8. The van der Waals surface area contributed by atoms with E-state index in [1.165, 1.54) is 0 Å². The molecule has 0 bridgehead atoms. The minimum Gasteiger partial charge on any atom is -0.479 e. The summed E-state index contributed by atoms with van der Waals surface area (Å²) >= 11 is 0. The standard InChI is InChI=1S/C16H18N2O2/c19-16(14-7-2-1-3-8-14)18-11-4-5-12-20-15-9-6-10-17-13-15/h1-2,6,9-10,13-14H,3,7-8,11-12H2,(H,18,19). The Kier molecular flexibility index (Phi) is 5.66. The van der Waals surface area contributed by atoms with Crippen molar-refractivity contribution in [3.63, 3.8) is 0 Å².